The Morgan fingerprint density at radius 1 is 1.38 bits per heavy atom. The summed E-state index contributed by atoms with van der Waals surface area (Å²) in [5, 5.41) is 0. The molecule has 1 aromatic carbocycles. The van der Waals surface area contributed by atoms with E-state index in [1.807, 2.05) is 18.2 Å². The minimum atomic E-state index is -2.64. The molecule has 1 aromatic rings. The second kappa shape index (κ2) is 3.81. The van der Waals surface area contributed by atoms with Crippen LogP contribution in [0.3, 0.4) is 0 Å². The molecule has 16 heavy (non-hydrogen) atoms. The first-order valence-electron chi connectivity index (χ1n) is 5.63. The highest BCUT2D eigenvalue weighted by Crippen LogP contribution is 2.47. The molecule has 1 saturated carbocycles. The van der Waals surface area contributed by atoms with Gasteiger partial charge in [-0.3, -0.25) is 0 Å². The Morgan fingerprint density at radius 2 is 2.06 bits per heavy atom. The van der Waals surface area contributed by atoms with Gasteiger partial charge in [0.25, 0.3) is 0 Å². The van der Waals surface area contributed by atoms with E-state index in [-0.39, 0.29) is 11.8 Å². The van der Waals surface area contributed by atoms with Crippen LogP contribution < -0.4 is 5.73 Å². The predicted molar refractivity (Wildman–Crippen MR) is 60.7 cm³/mol. The Bertz CT molecular complexity index is 378. The lowest BCUT2D eigenvalue weighted by atomic mass is 9.93. The largest absolute Gasteiger partial charge is 0.330 e. The van der Waals surface area contributed by atoms with Crippen LogP contribution in [-0.4, -0.2) is 12.5 Å². The zero-order valence-corrected chi connectivity index (χ0v) is 9.47. The summed E-state index contributed by atoms with van der Waals surface area (Å²) >= 11 is 0. The van der Waals surface area contributed by atoms with Gasteiger partial charge in [-0.2, -0.15) is 0 Å². The van der Waals surface area contributed by atoms with E-state index in [1.165, 1.54) is 0 Å². The van der Waals surface area contributed by atoms with Crippen molar-refractivity contribution in [2.75, 3.05) is 6.54 Å². The van der Waals surface area contributed by atoms with Crippen LogP contribution in [0.25, 0.3) is 0 Å². The summed E-state index contributed by atoms with van der Waals surface area (Å²) in [5.74, 6) is -2.64. The Balaban J connectivity index is 2.20. The molecule has 0 heterocycles. The van der Waals surface area contributed by atoms with Gasteiger partial charge in [0.05, 0.1) is 0 Å². The van der Waals surface area contributed by atoms with Crippen LogP contribution in [0.2, 0.25) is 0 Å². The van der Waals surface area contributed by atoms with Gasteiger partial charge in [0, 0.05) is 18.4 Å². The van der Waals surface area contributed by atoms with Crippen molar-refractivity contribution >= 4 is 0 Å². The number of nitrogens with two attached hydrogens (primary N) is 1. The predicted octanol–water partition coefficient (Wildman–Crippen LogP) is 2.87. The molecule has 0 unspecified atom stereocenters. The highest BCUT2D eigenvalue weighted by molar-refractivity contribution is 5.35. The third-order valence-electron chi connectivity index (χ3n) is 3.30. The van der Waals surface area contributed by atoms with Crippen molar-refractivity contribution in [3.05, 3.63) is 35.4 Å². The van der Waals surface area contributed by atoms with Crippen LogP contribution in [0.15, 0.2) is 24.3 Å². The van der Waals surface area contributed by atoms with Gasteiger partial charge in [0.2, 0.25) is 5.92 Å². The average Bonchev–Trinajstić information content (AvgIpc) is 2.96. The second-order valence-electron chi connectivity index (χ2n) is 4.93. The molecule has 0 atom stereocenters. The topological polar surface area (TPSA) is 26.0 Å². The molecule has 0 aliphatic heterocycles. The number of alkyl halides is 2. The van der Waals surface area contributed by atoms with Crippen LogP contribution in [0.1, 0.15) is 30.9 Å². The lowest BCUT2D eigenvalue weighted by molar-refractivity contribution is 0.0226. The van der Waals surface area contributed by atoms with Crippen molar-refractivity contribution in [1.82, 2.24) is 0 Å². The lowest BCUT2D eigenvalue weighted by Crippen LogP contribution is -2.20. The second-order valence-corrected chi connectivity index (χ2v) is 4.93. The summed E-state index contributed by atoms with van der Waals surface area (Å²) in [4.78, 5) is 0. The zero-order chi connectivity index (χ0) is 11.8. The minimum absolute atomic E-state index is 0.0824. The Hall–Kier alpha value is -0.960. The van der Waals surface area contributed by atoms with E-state index in [9.17, 15) is 8.78 Å². The van der Waals surface area contributed by atoms with E-state index >= 15 is 0 Å². The number of halogens is 2. The van der Waals surface area contributed by atoms with Gasteiger partial charge < -0.3 is 5.73 Å². The molecule has 0 radical (unpaired) electrons. The summed E-state index contributed by atoms with van der Waals surface area (Å²) < 4.78 is 25.8. The smallest absolute Gasteiger partial charge is 0.249 e. The Morgan fingerprint density at radius 3 is 2.56 bits per heavy atom. The maximum Gasteiger partial charge on any atom is 0.249 e. The standard InChI is InChI=1S/C13H17F2N/c1-12(14,15)8-10-3-2-4-11(7-10)13(9-16)5-6-13/h2-4,7H,5-6,8-9,16H2,1H3. The van der Waals surface area contributed by atoms with E-state index in [1.54, 1.807) is 6.07 Å². The first-order chi connectivity index (χ1) is 7.45. The Kier molecular flexibility index (Phi) is 2.74. The van der Waals surface area contributed by atoms with Crippen LogP contribution in [0, 0.1) is 0 Å². The van der Waals surface area contributed by atoms with Crippen LogP contribution in [0.4, 0.5) is 8.78 Å². The molecule has 2 N–H and O–H groups in total. The van der Waals surface area contributed by atoms with E-state index in [0.29, 0.717) is 12.1 Å². The summed E-state index contributed by atoms with van der Waals surface area (Å²) in [5.41, 5.74) is 7.63. The van der Waals surface area contributed by atoms with Gasteiger partial charge in [-0.15, -0.1) is 0 Å². The number of hydrogen-bond acceptors (Lipinski definition) is 1. The van der Waals surface area contributed by atoms with Crippen molar-refractivity contribution in [1.29, 1.82) is 0 Å². The fourth-order valence-corrected chi connectivity index (χ4v) is 2.13. The van der Waals surface area contributed by atoms with Crippen molar-refractivity contribution in [2.24, 2.45) is 5.73 Å². The van der Waals surface area contributed by atoms with Crippen molar-refractivity contribution in [3.8, 4) is 0 Å². The SMILES string of the molecule is CC(F)(F)Cc1cccc(C2(CN)CC2)c1. The molecule has 0 amide bonds. The fourth-order valence-electron chi connectivity index (χ4n) is 2.13. The number of rotatable bonds is 4. The normalized spacial score (nSPS) is 18.5. The molecule has 1 fully saturated rings. The van der Waals surface area contributed by atoms with Crippen molar-refractivity contribution < 1.29 is 8.78 Å². The fraction of sp³-hybridized carbons (Fsp3) is 0.538. The van der Waals surface area contributed by atoms with Crippen molar-refractivity contribution in [3.63, 3.8) is 0 Å². The molecule has 1 aliphatic carbocycles. The van der Waals surface area contributed by atoms with E-state index in [0.717, 1.165) is 25.3 Å². The monoisotopic (exact) mass is 225 g/mol. The molecule has 0 saturated heterocycles. The molecule has 1 aliphatic rings. The first kappa shape index (κ1) is 11.5. The summed E-state index contributed by atoms with van der Waals surface area (Å²) in [7, 11) is 0. The lowest BCUT2D eigenvalue weighted by Gasteiger charge is -2.15. The molecule has 0 bridgehead atoms. The van der Waals surface area contributed by atoms with Gasteiger partial charge in [-0.25, -0.2) is 8.78 Å². The van der Waals surface area contributed by atoms with Gasteiger partial charge in [0.15, 0.2) is 0 Å². The Labute approximate surface area is 94.7 Å². The molecule has 88 valence electrons. The molecule has 2 rings (SSSR count). The summed E-state index contributed by atoms with van der Waals surface area (Å²) in [6.45, 7) is 1.56. The maximum atomic E-state index is 12.9. The maximum absolute atomic E-state index is 12.9. The first-order valence-corrected chi connectivity index (χ1v) is 5.63. The number of hydrogen-bond donors (Lipinski definition) is 1. The van der Waals surface area contributed by atoms with Crippen LogP contribution in [-0.2, 0) is 11.8 Å². The molecule has 0 aromatic heterocycles. The van der Waals surface area contributed by atoms with Crippen LogP contribution in [0.5, 0.6) is 0 Å². The molecule has 3 heteroatoms. The molecular formula is C13H17F2N. The minimum Gasteiger partial charge on any atom is -0.330 e. The zero-order valence-electron chi connectivity index (χ0n) is 9.47. The molecule has 0 spiro atoms. The van der Waals surface area contributed by atoms with Crippen LogP contribution >= 0.6 is 0 Å². The van der Waals surface area contributed by atoms with E-state index in [2.05, 4.69) is 0 Å². The molecular weight excluding hydrogens is 208 g/mol. The van der Waals surface area contributed by atoms with E-state index < -0.39 is 5.92 Å². The summed E-state index contributed by atoms with van der Waals surface area (Å²) in [6.07, 6.45) is 1.96. The van der Waals surface area contributed by atoms with Gasteiger partial charge in [0.1, 0.15) is 0 Å². The summed E-state index contributed by atoms with van der Waals surface area (Å²) in [6, 6.07) is 7.49. The van der Waals surface area contributed by atoms with Gasteiger partial charge in [-0.05, 0) is 30.9 Å². The third-order valence-corrected chi connectivity index (χ3v) is 3.30. The average molecular weight is 225 g/mol. The quantitative estimate of drug-likeness (QED) is 0.837. The molecule has 1 nitrogen and oxygen atoms in total. The highest BCUT2D eigenvalue weighted by Gasteiger charge is 2.42. The third kappa shape index (κ3) is 2.40. The van der Waals surface area contributed by atoms with Crippen molar-refractivity contribution in [2.45, 2.75) is 37.5 Å². The number of benzene rings is 1. The van der Waals surface area contributed by atoms with E-state index in [4.69, 9.17) is 5.73 Å². The highest BCUT2D eigenvalue weighted by atomic mass is 19.3. The van der Waals surface area contributed by atoms with Gasteiger partial charge >= 0.3 is 0 Å². The van der Waals surface area contributed by atoms with Gasteiger partial charge in [-0.1, -0.05) is 24.3 Å².